The number of benzene rings is 2. The van der Waals surface area contributed by atoms with E-state index in [0.717, 1.165) is 101 Å². The average Bonchev–Trinajstić information content (AvgIpc) is 3.31. The molecule has 0 aliphatic rings. The van der Waals surface area contributed by atoms with E-state index in [1.807, 2.05) is 0 Å². The SMILES string of the molecule is CC(C)CCCCCCOC(=O)c1ccccc1C(=O)OCCCCCCC(C)C.CC(C)CCCCCCOC(=O)c1ccccc1C(=O)OCCCCCCC(C)C.O=C(O)CCCCC(=O)O. The summed E-state index contributed by atoms with van der Waals surface area (Å²) in [5.41, 5.74) is 1.16. The monoisotopic (exact) mass is 983 g/mol. The molecule has 0 amide bonds. The molecule has 70 heavy (non-hydrogen) atoms. The number of aliphatic carboxylic acids is 2. The third-order valence-electron chi connectivity index (χ3n) is 11.4. The Morgan fingerprint density at radius 2 is 0.529 bits per heavy atom. The molecule has 0 saturated carbocycles. The minimum Gasteiger partial charge on any atom is -0.481 e. The maximum absolute atomic E-state index is 12.4. The highest BCUT2D eigenvalue weighted by atomic mass is 16.5. The van der Waals surface area contributed by atoms with Crippen LogP contribution in [0.15, 0.2) is 48.5 Å². The first kappa shape index (κ1) is 65.3. The molecule has 398 valence electrons. The zero-order valence-electron chi connectivity index (χ0n) is 44.7. The average molecular weight is 983 g/mol. The van der Waals surface area contributed by atoms with E-state index in [4.69, 9.17) is 29.2 Å². The minimum absolute atomic E-state index is 0.0628. The van der Waals surface area contributed by atoms with Gasteiger partial charge in [-0.2, -0.15) is 0 Å². The first-order valence-electron chi connectivity index (χ1n) is 26.8. The summed E-state index contributed by atoms with van der Waals surface area (Å²) in [6.07, 6.45) is 23.2. The second kappa shape index (κ2) is 43.1. The van der Waals surface area contributed by atoms with Crippen LogP contribution >= 0.6 is 0 Å². The Bertz CT molecular complexity index is 1470. The van der Waals surface area contributed by atoms with E-state index in [2.05, 4.69) is 55.4 Å². The Hall–Kier alpha value is -4.74. The molecule has 0 bridgehead atoms. The number of unbranched alkanes of at least 4 members (excludes halogenated alkanes) is 13. The molecule has 2 rings (SSSR count). The molecule has 2 N–H and O–H groups in total. The van der Waals surface area contributed by atoms with Gasteiger partial charge in [-0.25, -0.2) is 19.2 Å². The van der Waals surface area contributed by atoms with Gasteiger partial charge in [0.1, 0.15) is 0 Å². The summed E-state index contributed by atoms with van der Waals surface area (Å²) < 4.78 is 21.6. The Morgan fingerprint density at radius 1 is 0.329 bits per heavy atom. The summed E-state index contributed by atoms with van der Waals surface area (Å²) in [4.78, 5) is 69.5. The van der Waals surface area contributed by atoms with Crippen LogP contribution in [-0.4, -0.2) is 72.5 Å². The van der Waals surface area contributed by atoms with Gasteiger partial charge < -0.3 is 29.2 Å². The van der Waals surface area contributed by atoms with Crippen molar-refractivity contribution in [2.24, 2.45) is 23.7 Å². The number of hydrogen-bond acceptors (Lipinski definition) is 10. The minimum atomic E-state index is -0.870. The molecule has 2 aromatic rings. The van der Waals surface area contributed by atoms with Gasteiger partial charge in [0.25, 0.3) is 0 Å². The smallest absolute Gasteiger partial charge is 0.339 e. The molecule has 0 heterocycles. The van der Waals surface area contributed by atoms with Gasteiger partial charge in [0, 0.05) is 12.8 Å². The van der Waals surface area contributed by atoms with Crippen molar-refractivity contribution in [1.29, 1.82) is 0 Å². The molecule has 0 radical (unpaired) electrons. The van der Waals surface area contributed by atoms with E-state index in [-0.39, 0.29) is 12.8 Å². The molecule has 0 saturated heterocycles. The largest absolute Gasteiger partial charge is 0.481 e. The van der Waals surface area contributed by atoms with Crippen LogP contribution in [0.25, 0.3) is 0 Å². The molecule has 0 atom stereocenters. The fourth-order valence-electron chi connectivity index (χ4n) is 7.23. The van der Waals surface area contributed by atoms with Crippen molar-refractivity contribution >= 4 is 35.8 Å². The van der Waals surface area contributed by atoms with Crippen molar-refractivity contribution in [2.45, 2.75) is 209 Å². The Kier molecular flexibility index (Phi) is 40.2. The van der Waals surface area contributed by atoms with E-state index in [1.54, 1.807) is 48.5 Å². The van der Waals surface area contributed by atoms with E-state index in [0.29, 0.717) is 61.5 Å². The van der Waals surface area contributed by atoms with Crippen LogP contribution < -0.4 is 0 Å². The first-order chi connectivity index (χ1) is 33.5. The van der Waals surface area contributed by atoms with Gasteiger partial charge >= 0.3 is 35.8 Å². The standard InChI is InChI=1S/2C26H42O4.C6H10O4/c2*1-21(2)15-9-5-7-13-19-29-25(27)23-17-11-12-18-24(23)26(28)30-20-14-8-6-10-16-22(3)4;7-5(8)3-1-2-4-6(9)10/h2*11-12,17-18,21-22H,5-10,13-16,19-20H2,1-4H3;1-4H2,(H,7,8)(H,9,10). The van der Waals surface area contributed by atoms with Crippen molar-refractivity contribution in [2.75, 3.05) is 26.4 Å². The fraction of sp³-hybridized carbons (Fsp3) is 0.690. The Labute approximate surface area is 422 Å². The topological polar surface area (TPSA) is 180 Å². The summed E-state index contributed by atoms with van der Waals surface area (Å²) in [7, 11) is 0. The summed E-state index contributed by atoms with van der Waals surface area (Å²) in [5, 5.41) is 16.3. The highest BCUT2D eigenvalue weighted by molar-refractivity contribution is 6.03. The van der Waals surface area contributed by atoms with Gasteiger partial charge in [0.2, 0.25) is 0 Å². The van der Waals surface area contributed by atoms with Crippen molar-refractivity contribution in [1.82, 2.24) is 0 Å². The van der Waals surface area contributed by atoms with Crippen molar-refractivity contribution in [3.8, 4) is 0 Å². The van der Waals surface area contributed by atoms with Crippen LogP contribution in [0.1, 0.15) is 251 Å². The van der Waals surface area contributed by atoms with Gasteiger partial charge in [0.05, 0.1) is 48.7 Å². The number of carbonyl (C=O) groups excluding carboxylic acids is 4. The molecular weight excluding hydrogens is 889 g/mol. The molecule has 0 spiro atoms. The number of esters is 4. The lowest BCUT2D eigenvalue weighted by atomic mass is 10.0. The number of ether oxygens (including phenoxy) is 4. The highest BCUT2D eigenvalue weighted by Crippen LogP contribution is 2.17. The second-order valence-corrected chi connectivity index (χ2v) is 20.0. The third kappa shape index (κ3) is 38.1. The van der Waals surface area contributed by atoms with Crippen LogP contribution in [0.5, 0.6) is 0 Å². The third-order valence-corrected chi connectivity index (χ3v) is 11.4. The van der Waals surface area contributed by atoms with Gasteiger partial charge in [-0.15, -0.1) is 0 Å². The second-order valence-electron chi connectivity index (χ2n) is 20.0. The Morgan fingerprint density at radius 3 is 0.714 bits per heavy atom. The van der Waals surface area contributed by atoms with E-state index >= 15 is 0 Å². The summed E-state index contributed by atoms with van der Waals surface area (Å²) in [5.74, 6) is -0.565. The van der Waals surface area contributed by atoms with E-state index in [1.165, 1.54) is 51.4 Å². The molecular formula is C58H94O12. The fourth-order valence-corrected chi connectivity index (χ4v) is 7.23. The van der Waals surface area contributed by atoms with Crippen LogP contribution in [0.4, 0.5) is 0 Å². The molecule has 0 aromatic heterocycles. The Balaban J connectivity index is 0.00000114. The summed E-state index contributed by atoms with van der Waals surface area (Å²) >= 11 is 0. The lowest BCUT2D eigenvalue weighted by Gasteiger charge is -2.10. The quantitative estimate of drug-likeness (QED) is 0.0372. The molecule has 2 aromatic carbocycles. The number of rotatable bonds is 37. The molecule has 0 aliphatic heterocycles. The lowest BCUT2D eigenvalue weighted by Crippen LogP contribution is -2.15. The lowest BCUT2D eigenvalue weighted by molar-refractivity contribution is -0.139. The van der Waals surface area contributed by atoms with Crippen molar-refractivity contribution in [3.63, 3.8) is 0 Å². The predicted octanol–water partition coefficient (Wildman–Crippen LogP) is 15.1. The van der Waals surface area contributed by atoms with Gasteiger partial charge in [-0.1, -0.05) is 182 Å². The number of carbonyl (C=O) groups is 6. The molecule has 12 heteroatoms. The number of carboxylic acids is 2. The normalized spacial score (nSPS) is 10.9. The predicted molar refractivity (Wildman–Crippen MR) is 279 cm³/mol. The first-order valence-corrected chi connectivity index (χ1v) is 26.8. The summed E-state index contributed by atoms with van der Waals surface area (Å²) in [6, 6.07) is 13.5. The zero-order valence-corrected chi connectivity index (χ0v) is 44.7. The highest BCUT2D eigenvalue weighted by Gasteiger charge is 2.20. The van der Waals surface area contributed by atoms with Crippen LogP contribution in [0.3, 0.4) is 0 Å². The zero-order chi connectivity index (χ0) is 52.4. The maximum atomic E-state index is 12.4. The van der Waals surface area contributed by atoms with Gasteiger partial charge in [-0.3, -0.25) is 9.59 Å². The van der Waals surface area contributed by atoms with Crippen LogP contribution in [0.2, 0.25) is 0 Å². The van der Waals surface area contributed by atoms with E-state index in [9.17, 15) is 28.8 Å². The van der Waals surface area contributed by atoms with Crippen molar-refractivity contribution in [3.05, 3.63) is 70.8 Å². The van der Waals surface area contributed by atoms with E-state index < -0.39 is 35.8 Å². The number of hydrogen-bond donors (Lipinski definition) is 2. The van der Waals surface area contributed by atoms with Crippen molar-refractivity contribution < 1.29 is 57.9 Å². The van der Waals surface area contributed by atoms with Crippen LogP contribution in [0, 0.1) is 23.7 Å². The molecule has 12 nitrogen and oxygen atoms in total. The van der Waals surface area contributed by atoms with Gasteiger partial charge in [-0.05, 0) is 86.5 Å². The van der Waals surface area contributed by atoms with Crippen LogP contribution in [-0.2, 0) is 28.5 Å². The molecule has 0 unspecified atom stereocenters. The number of carboxylic acid groups (broad SMARTS) is 2. The van der Waals surface area contributed by atoms with Gasteiger partial charge in [0.15, 0.2) is 0 Å². The molecule has 0 aliphatic carbocycles. The maximum Gasteiger partial charge on any atom is 0.339 e. The summed E-state index contributed by atoms with van der Waals surface area (Å²) in [6.45, 7) is 19.4. The molecule has 0 fully saturated rings.